The van der Waals surface area contributed by atoms with Crippen molar-refractivity contribution in [3.8, 4) is 0 Å². The Morgan fingerprint density at radius 3 is 2.90 bits per heavy atom. The van der Waals surface area contributed by atoms with Gasteiger partial charge in [0, 0.05) is 18.5 Å². The molecule has 0 bridgehead atoms. The van der Waals surface area contributed by atoms with E-state index in [9.17, 15) is 9.59 Å². The van der Waals surface area contributed by atoms with Gasteiger partial charge >= 0.3 is 5.97 Å². The van der Waals surface area contributed by atoms with Crippen molar-refractivity contribution in [1.29, 1.82) is 0 Å². The van der Waals surface area contributed by atoms with Gasteiger partial charge in [-0.3, -0.25) is 9.36 Å². The molecule has 108 valence electrons. The smallest absolute Gasteiger partial charge is 0.339 e. The number of hydrogen-bond acceptors (Lipinski definition) is 6. The molecule has 0 saturated heterocycles. The van der Waals surface area contributed by atoms with Crippen LogP contribution < -0.4 is 5.56 Å². The Kier molecular flexibility index (Phi) is 4.51. The van der Waals surface area contributed by atoms with Crippen LogP contribution in [0.1, 0.15) is 17.3 Å². The summed E-state index contributed by atoms with van der Waals surface area (Å²) in [4.78, 5) is 31.1. The highest BCUT2D eigenvalue weighted by Crippen LogP contribution is 2.21. The van der Waals surface area contributed by atoms with Crippen LogP contribution in [0.4, 0.5) is 0 Å². The lowest BCUT2D eigenvalue weighted by atomic mass is 10.2. The number of likely N-dealkylation sites (N-methyl/N-ethyl adjacent to an activating group) is 1. The van der Waals surface area contributed by atoms with Crippen LogP contribution in [0, 0.1) is 0 Å². The summed E-state index contributed by atoms with van der Waals surface area (Å²) in [6, 6.07) is 0. The molecule has 0 atom stereocenters. The second-order valence-electron chi connectivity index (χ2n) is 4.60. The predicted octanol–water partition coefficient (Wildman–Crippen LogP) is 1.20. The van der Waals surface area contributed by atoms with Gasteiger partial charge in [-0.05, 0) is 21.0 Å². The van der Waals surface area contributed by atoms with E-state index in [2.05, 4.69) is 4.98 Å². The molecule has 0 fully saturated rings. The van der Waals surface area contributed by atoms with Gasteiger partial charge < -0.3 is 9.64 Å². The summed E-state index contributed by atoms with van der Waals surface area (Å²) in [5.41, 5.74) is 0.115. The first kappa shape index (κ1) is 14.7. The fourth-order valence-electron chi connectivity index (χ4n) is 1.79. The zero-order valence-electron chi connectivity index (χ0n) is 11.8. The first-order chi connectivity index (χ1) is 9.54. The molecule has 0 amide bonds. The summed E-state index contributed by atoms with van der Waals surface area (Å²) in [6.45, 7) is 3.28. The van der Waals surface area contributed by atoms with Crippen LogP contribution in [0.5, 0.6) is 0 Å². The Bertz CT molecular complexity index is 675. The van der Waals surface area contributed by atoms with E-state index < -0.39 is 5.97 Å². The molecule has 0 aliphatic heterocycles. The molecular formula is C13H17N3O3S. The maximum Gasteiger partial charge on any atom is 0.339 e. The lowest BCUT2D eigenvalue weighted by Gasteiger charge is -2.10. The van der Waals surface area contributed by atoms with Crippen LogP contribution in [0.3, 0.4) is 0 Å². The minimum Gasteiger partial charge on any atom is -0.462 e. The number of hydrogen-bond donors (Lipinski definition) is 0. The molecule has 2 aromatic heterocycles. The Balaban J connectivity index is 2.45. The second-order valence-corrected chi connectivity index (χ2v) is 5.45. The minimum absolute atomic E-state index is 0.193. The van der Waals surface area contributed by atoms with Crippen molar-refractivity contribution >= 4 is 27.5 Å². The molecule has 0 radical (unpaired) electrons. The average Bonchev–Trinajstić information content (AvgIpc) is 2.83. The number of ether oxygens (including phenoxy) is 1. The first-order valence-electron chi connectivity index (χ1n) is 6.33. The fraction of sp³-hybridized carbons (Fsp3) is 0.462. The zero-order chi connectivity index (χ0) is 14.7. The lowest BCUT2D eigenvalue weighted by Crippen LogP contribution is -2.27. The number of nitrogens with zero attached hydrogens (tertiary/aromatic N) is 3. The molecule has 6 nitrogen and oxygen atoms in total. The highest BCUT2D eigenvalue weighted by Gasteiger charge is 2.18. The number of carbonyl (C=O) groups is 1. The molecule has 0 aliphatic rings. The third kappa shape index (κ3) is 2.88. The lowest BCUT2D eigenvalue weighted by molar-refractivity contribution is 0.0529. The largest absolute Gasteiger partial charge is 0.462 e. The minimum atomic E-state index is -0.469. The molecule has 20 heavy (non-hydrogen) atoms. The fourth-order valence-corrected chi connectivity index (χ4v) is 2.66. The summed E-state index contributed by atoms with van der Waals surface area (Å²) < 4.78 is 6.50. The van der Waals surface area contributed by atoms with Crippen molar-refractivity contribution in [2.45, 2.75) is 13.5 Å². The van der Waals surface area contributed by atoms with Crippen LogP contribution >= 0.6 is 11.3 Å². The van der Waals surface area contributed by atoms with Gasteiger partial charge in [0.25, 0.3) is 5.56 Å². The highest BCUT2D eigenvalue weighted by molar-refractivity contribution is 7.17. The van der Waals surface area contributed by atoms with Gasteiger partial charge in [0.15, 0.2) is 0 Å². The number of rotatable bonds is 5. The van der Waals surface area contributed by atoms with E-state index in [1.165, 1.54) is 22.2 Å². The Hall–Kier alpha value is -1.73. The first-order valence-corrected chi connectivity index (χ1v) is 7.21. The normalized spacial score (nSPS) is 11.2. The van der Waals surface area contributed by atoms with Gasteiger partial charge in [0.2, 0.25) is 0 Å². The second kappa shape index (κ2) is 6.15. The van der Waals surface area contributed by atoms with Gasteiger partial charge in [-0.15, -0.1) is 11.3 Å². The standard InChI is InChI=1S/C13H17N3O3S/c1-4-19-13(18)9-7-20-11-10(9)12(17)16(8-14-11)6-5-15(2)3/h7-8H,4-6H2,1-3H3. The summed E-state index contributed by atoms with van der Waals surface area (Å²) in [5.74, 6) is -0.469. The molecule has 0 unspecified atom stereocenters. The van der Waals surface area contributed by atoms with Crippen molar-refractivity contribution in [2.24, 2.45) is 0 Å². The van der Waals surface area contributed by atoms with Crippen LogP contribution in [0.25, 0.3) is 10.2 Å². The van der Waals surface area contributed by atoms with Gasteiger partial charge in [0.05, 0.1) is 23.9 Å². The summed E-state index contributed by atoms with van der Waals surface area (Å²) >= 11 is 1.28. The van der Waals surface area contributed by atoms with E-state index in [1.54, 1.807) is 12.3 Å². The van der Waals surface area contributed by atoms with E-state index in [0.29, 0.717) is 22.3 Å². The highest BCUT2D eigenvalue weighted by atomic mass is 32.1. The predicted molar refractivity (Wildman–Crippen MR) is 78.4 cm³/mol. The third-order valence-electron chi connectivity index (χ3n) is 2.84. The van der Waals surface area contributed by atoms with Crippen LogP contribution in [0.2, 0.25) is 0 Å². The van der Waals surface area contributed by atoms with E-state index in [-0.39, 0.29) is 12.2 Å². The summed E-state index contributed by atoms with van der Waals surface area (Å²) in [6.07, 6.45) is 1.53. The van der Waals surface area contributed by atoms with Crippen molar-refractivity contribution in [3.63, 3.8) is 0 Å². The molecule has 0 aliphatic carbocycles. The molecule has 0 N–H and O–H groups in total. The number of esters is 1. The quantitative estimate of drug-likeness (QED) is 0.775. The number of fused-ring (bicyclic) bond motifs is 1. The molecule has 0 saturated carbocycles. The maximum atomic E-state index is 12.4. The molecule has 2 heterocycles. The average molecular weight is 295 g/mol. The van der Waals surface area contributed by atoms with Gasteiger partial charge in [-0.2, -0.15) is 0 Å². The molecular weight excluding hydrogens is 278 g/mol. The molecule has 2 rings (SSSR count). The monoisotopic (exact) mass is 295 g/mol. The molecule has 7 heteroatoms. The molecule has 0 spiro atoms. The van der Waals surface area contributed by atoms with E-state index in [4.69, 9.17) is 4.74 Å². The van der Waals surface area contributed by atoms with Crippen LogP contribution in [-0.2, 0) is 11.3 Å². The maximum absolute atomic E-state index is 12.4. The Morgan fingerprint density at radius 2 is 2.25 bits per heavy atom. The summed E-state index contributed by atoms with van der Waals surface area (Å²) in [5, 5.41) is 1.99. The van der Waals surface area contributed by atoms with Crippen LogP contribution in [-0.4, -0.2) is 47.7 Å². The number of aromatic nitrogens is 2. The molecule has 0 aromatic carbocycles. The Morgan fingerprint density at radius 1 is 1.50 bits per heavy atom. The Labute approximate surface area is 120 Å². The van der Waals surface area contributed by atoms with Gasteiger partial charge in [0.1, 0.15) is 4.83 Å². The van der Waals surface area contributed by atoms with Crippen molar-refractivity contribution < 1.29 is 9.53 Å². The topological polar surface area (TPSA) is 64.4 Å². The van der Waals surface area contributed by atoms with Gasteiger partial charge in [-0.25, -0.2) is 9.78 Å². The van der Waals surface area contributed by atoms with Crippen molar-refractivity contribution in [3.05, 3.63) is 27.6 Å². The van der Waals surface area contributed by atoms with Gasteiger partial charge in [-0.1, -0.05) is 0 Å². The van der Waals surface area contributed by atoms with E-state index in [0.717, 1.165) is 6.54 Å². The van der Waals surface area contributed by atoms with Crippen LogP contribution in [0.15, 0.2) is 16.5 Å². The number of thiophene rings is 1. The van der Waals surface area contributed by atoms with Crippen molar-refractivity contribution in [2.75, 3.05) is 27.2 Å². The van der Waals surface area contributed by atoms with Crippen molar-refractivity contribution in [1.82, 2.24) is 14.5 Å². The summed E-state index contributed by atoms with van der Waals surface area (Å²) in [7, 11) is 3.87. The molecule has 2 aromatic rings. The van der Waals surface area contributed by atoms with E-state index >= 15 is 0 Å². The zero-order valence-corrected chi connectivity index (χ0v) is 12.6. The van der Waals surface area contributed by atoms with E-state index in [1.807, 2.05) is 19.0 Å². The SMILES string of the molecule is CCOC(=O)c1csc2ncn(CCN(C)C)c(=O)c12. The third-order valence-corrected chi connectivity index (χ3v) is 3.73. The number of carbonyl (C=O) groups excluding carboxylic acids is 1.